The van der Waals surface area contributed by atoms with E-state index in [1.54, 1.807) is 0 Å². The number of carbonyl (C=O) groups excluding carboxylic acids is 3. The maximum Gasteiger partial charge on any atom is 0.207 e. The topological polar surface area (TPSA) is 91.9 Å². The number of hydrogen-bond acceptors (Lipinski definition) is 5. The molecule has 0 saturated carbocycles. The van der Waals surface area contributed by atoms with Gasteiger partial charge in [0.25, 0.3) is 0 Å². The average Bonchev–Trinajstić information content (AvgIpc) is 2.93. The van der Waals surface area contributed by atoms with Crippen LogP contribution >= 0.6 is 11.8 Å². The number of nitrogens with zero attached hydrogens (tertiary/aromatic N) is 1. The summed E-state index contributed by atoms with van der Waals surface area (Å²) in [5.41, 5.74) is 0.634. The van der Waals surface area contributed by atoms with E-state index in [0.29, 0.717) is 23.4 Å². The van der Waals surface area contributed by atoms with Crippen molar-refractivity contribution in [1.29, 1.82) is 0 Å². The summed E-state index contributed by atoms with van der Waals surface area (Å²) in [5.74, 6) is 0.440. The number of hydrogen-bond donors (Lipinski definition) is 2. The molecular formula is C13H15N3O3S. The number of thioether (sulfide) groups is 1. The highest BCUT2D eigenvalue weighted by Gasteiger charge is 2.27. The molecule has 0 fully saturated rings. The summed E-state index contributed by atoms with van der Waals surface area (Å²) in [4.78, 5) is 34.4. The number of aromatic amines is 1. The fourth-order valence-corrected chi connectivity index (χ4v) is 2.89. The zero-order chi connectivity index (χ0) is 14.4. The fourth-order valence-electron chi connectivity index (χ4n) is 1.89. The molecule has 1 aliphatic carbocycles. The van der Waals surface area contributed by atoms with E-state index in [0.717, 1.165) is 25.0 Å². The molecule has 2 N–H and O–H groups in total. The number of unbranched alkanes of at least 4 members (excludes halogenated alkanes) is 2. The maximum absolute atomic E-state index is 12.1. The van der Waals surface area contributed by atoms with Gasteiger partial charge >= 0.3 is 0 Å². The van der Waals surface area contributed by atoms with Gasteiger partial charge in [0.1, 0.15) is 5.69 Å². The molecule has 20 heavy (non-hydrogen) atoms. The lowest BCUT2D eigenvalue weighted by molar-refractivity contribution is -0.109. The van der Waals surface area contributed by atoms with Crippen molar-refractivity contribution in [3.8, 4) is 0 Å². The molecule has 0 aliphatic heterocycles. The van der Waals surface area contributed by atoms with E-state index in [1.807, 2.05) is 0 Å². The summed E-state index contributed by atoms with van der Waals surface area (Å²) in [7, 11) is 0. The lowest BCUT2D eigenvalue weighted by Gasteiger charge is -2.10. The second kappa shape index (κ2) is 7.04. The highest BCUT2D eigenvalue weighted by Crippen LogP contribution is 2.27. The van der Waals surface area contributed by atoms with Crippen LogP contribution in [0.4, 0.5) is 0 Å². The Kier molecular flexibility index (Phi) is 5.11. The zero-order valence-electron chi connectivity index (χ0n) is 10.8. The summed E-state index contributed by atoms with van der Waals surface area (Å²) < 4.78 is 0. The zero-order valence-corrected chi connectivity index (χ0v) is 11.7. The van der Waals surface area contributed by atoms with E-state index in [2.05, 4.69) is 15.5 Å². The van der Waals surface area contributed by atoms with E-state index in [1.165, 1.54) is 24.0 Å². The second-order valence-corrected chi connectivity index (χ2v) is 5.48. The third kappa shape index (κ3) is 3.36. The summed E-state index contributed by atoms with van der Waals surface area (Å²) in [6.45, 7) is 0.673. The number of ketones is 2. The quantitative estimate of drug-likeness (QED) is 0.557. The summed E-state index contributed by atoms with van der Waals surface area (Å²) in [6, 6.07) is 0. The third-order valence-electron chi connectivity index (χ3n) is 2.92. The Hall–Kier alpha value is -1.89. The lowest BCUT2D eigenvalue weighted by Crippen LogP contribution is -2.14. The first kappa shape index (κ1) is 14.5. The van der Waals surface area contributed by atoms with Gasteiger partial charge < -0.3 is 5.32 Å². The van der Waals surface area contributed by atoms with Crippen molar-refractivity contribution in [2.75, 3.05) is 12.3 Å². The molecule has 0 spiro atoms. The molecule has 1 aromatic heterocycles. The molecule has 6 nitrogen and oxygen atoms in total. The fraction of sp³-hybridized carbons (Fsp3) is 0.385. The van der Waals surface area contributed by atoms with Crippen LogP contribution in [0.25, 0.3) is 0 Å². The first-order valence-electron chi connectivity index (χ1n) is 6.38. The summed E-state index contributed by atoms with van der Waals surface area (Å²) in [5, 5.41) is 8.88. The number of rotatable bonds is 8. The maximum atomic E-state index is 12.1. The molecule has 1 aromatic rings. The van der Waals surface area contributed by atoms with Crippen LogP contribution in [0.3, 0.4) is 0 Å². The second-order valence-electron chi connectivity index (χ2n) is 4.34. The molecule has 0 unspecified atom stereocenters. The molecule has 106 valence electrons. The minimum Gasteiger partial charge on any atom is -0.359 e. The van der Waals surface area contributed by atoms with Crippen molar-refractivity contribution in [2.24, 2.45) is 0 Å². The summed E-state index contributed by atoms with van der Waals surface area (Å²) in [6.07, 6.45) is 6.28. The SMILES string of the molecule is O=CNCCCCCSC1=CC(=O)c2[nH]ncc2C1=O. The first-order chi connectivity index (χ1) is 9.74. The van der Waals surface area contributed by atoms with Crippen molar-refractivity contribution < 1.29 is 14.4 Å². The van der Waals surface area contributed by atoms with Crippen LogP contribution in [-0.4, -0.2) is 40.5 Å². The molecule has 0 aromatic carbocycles. The van der Waals surface area contributed by atoms with Crippen LogP contribution in [0.1, 0.15) is 40.1 Å². The van der Waals surface area contributed by atoms with Gasteiger partial charge in [0.15, 0.2) is 0 Å². The van der Waals surface area contributed by atoms with Crippen LogP contribution in [0, 0.1) is 0 Å². The van der Waals surface area contributed by atoms with Gasteiger partial charge in [-0.1, -0.05) is 6.42 Å². The predicted molar refractivity (Wildman–Crippen MR) is 75.7 cm³/mol. The Morgan fingerprint density at radius 2 is 2.15 bits per heavy atom. The van der Waals surface area contributed by atoms with Crippen molar-refractivity contribution in [2.45, 2.75) is 19.3 Å². The molecule has 1 heterocycles. The number of allylic oxidation sites excluding steroid dienone is 2. The van der Waals surface area contributed by atoms with E-state index in [4.69, 9.17) is 0 Å². The van der Waals surface area contributed by atoms with Crippen molar-refractivity contribution in [3.05, 3.63) is 28.4 Å². The molecule has 1 amide bonds. The minimum atomic E-state index is -0.199. The minimum absolute atomic E-state index is 0.138. The number of nitrogens with one attached hydrogen (secondary N) is 2. The number of fused-ring (bicyclic) bond motifs is 1. The number of aromatic nitrogens is 2. The van der Waals surface area contributed by atoms with E-state index < -0.39 is 0 Å². The van der Waals surface area contributed by atoms with Gasteiger partial charge in [-0.25, -0.2) is 0 Å². The Morgan fingerprint density at radius 3 is 2.95 bits per heavy atom. The monoisotopic (exact) mass is 293 g/mol. The van der Waals surface area contributed by atoms with Gasteiger partial charge in [0, 0.05) is 12.6 Å². The predicted octanol–water partition coefficient (Wildman–Crippen LogP) is 1.32. The van der Waals surface area contributed by atoms with Gasteiger partial charge in [-0.2, -0.15) is 5.10 Å². The molecule has 7 heteroatoms. The standard InChI is InChI=1S/C13H15N3O3S/c17-8-14-4-2-1-3-5-20-11-6-10(18)12-9(13(11)19)7-15-16-12/h6-8H,1-5H2,(H,14,17)(H,15,16). The van der Waals surface area contributed by atoms with E-state index >= 15 is 0 Å². The lowest BCUT2D eigenvalue weighted by atomic mass is 10.0. The van der Waals surface area contributed by atoms with Gasteiger partial charge in [0.2, 0.25) is 18.0 Å². The molecular weight excluding hydrogens is 278 g/mol. The largest absolute Gasteiger partial charge is 0.359 e. The highest BCUT2D eigenvalue weighted by molar-refractivity contribution is 8.04. The summed E-state index contributed by atoms with van der Waals surface area (Å²) >= 11 is 1.40. The van der Waals surface area contributed by atoms with E-state index in [-0.39, 0.29) is 17.3 Å². The third-order valence-corrected chi connectivity index (χ3v) is 4.03. The van der Waals surface area contributed by atoms with Crippen molar-refractivity contribution >= 4 is 29.7 Å². The smallest absolute Gasteiger partial charge is 0.207 e. The number of Topliss-reactive ketones (excluding diaryl/α,β-unsaturated/α-hetero) is 1. The van der Waals surface area contributed by atoms with Gasteiger partial charge in [-0.3, -0.25) is 19.5 Å². The molecule has 0 radical (unpaired) electrons. The number of carbonyl (C=O) groups is 3. The van der Waals surface area contributed by atoms with Crippen LogP contribution < -0.4 is 5.32 Å². The molecule has 1 aliphatic rings. The van der Waals surface area contributed by atoms with Crippen molar-refractivity contribution in [3.63, 3.8) is 0 Å². The van der Waals surface area contributed by atoms with Crippen molar-refractivity contribution in [1.82, 2.24) is 15.5 Å². The number of H-pyrrole nitrogens is 1. The van der Waals surface area contributed by atoms with Crippen LogP contribution in [-0.2, 0) is 4.79 Å². The first-order valence-corrected chi connectivity index (χ1v) is 7.36. The molecule has 0 bridgehead atoms. The number of amides is 1. The Balaban J connectivity index is 1.78. The Labute approximate surface area is 120 Å². The van der Waals surface area contributed by atoms with Gasteiger partial charge in [-0.05, 0) is 18.6 Å². The van der Waals surface area contributed by atoms with Crippen LogP contribution in [0.5, 0.6) is 0 Å². The normalized spacial score (nSPS) is 13.9. The molecule has 0 saturated heterocycles. The Morgan fingerprint density at radius 1 is 1.30 bits per heavy atom. The van der Waals surface area contributed by atoms with Gasteiger partial charge in [0.05, 0.1) is 16.7 Å². The molecule has 0 atom stereocenters. The van der Waals surface area contributed by atoms with Crippen LogP contribution in [0.15, 0.2) is 17.2 Å². The Bertz CT molecular complexity index is 551. The molecule has 2 rings (SSSR count). The van der Waals surface area contributed by atoms with Gasteiger partial charge in [-0.15, -0.1) is 11.8 Å². The van der Waals surface area contributed by atoms with E-state index in [9.17, 15) is 14.4 Å². The highest BCUT2D eigenvalue weighted by atomic mass is 32.2. The average molecular weight is 293 g/mol. The van der Waals surface area contributed by atoms with Crippen LogP contribution in [0.2, 0.25) is 0 Å².